The molecule has 0 heterocycles. The van der Waals surface area contributed by atoms with Crippen LogP contribution in [0.2, 0.25) is 0 Å². The lowest BCUT2D eigenvalue weighted by atomic mass is 10.1. The summed E-state index contributed by atoms with van der Waals surface area (Å²) in [4.78, 5) is 24.0. The third kappa shape index (κ3) is 2.32. The topological polar surface area (TPSA) is 96.6 Å². The Bertz CT molecular complexity index is 475. The van der Waals surface area contributed by atoms with Crippen LogP contribution in [0.3, 0.4) is 0 Å². The van der Waals surface area contributed by atoms with E-state index in [1.807, 2.05) is 0 Å². The van der Waals surface area contributed by atoms with Gasteiger partial charge < -0.3 is 5.53 Å². The van der Waals surface area contributed by atoms with Gasteiger partial charge in [-0.05, 0) is 0 Å². The molecule has 6 heteroatoms. The van der Waals surface area contributed by atoms with Crippen LogP contribution in [0.1, 0.15) is 17.3 Å². The summed E-state index contributed by atoms with van der Waals surface area (Å²) in [6.45, 7) is 1.32. The van der Waals surface area contributed by atoms with Gasteiger partial charge in [0.1, 0.15) is 0 Å². The molecule has 0 bridgehead atoms. The zero-order valence-electron chi connectivity index (χ0n) is 7.88. The molecule has 0 aromatic heterocycles. The number of non-ortho nitro benzene ring substituents is 1. The zero-order chi connectivity index (χ0) is 11.4. The molecule has 1 rings (SSSR count). The Hall–Kier alpha value is -2.33. The van der Waals surface area contributed by atoms with Gasteiger partial charge in [0.25, 0.3) is 11.5 Å². The number of hydrogen-bond donors (Lipinski definition) is 0. The van der Waals surface area contributed by atoms with E-state index >= 15 is 0 Å². The van der Waals surface area contributed by atoms with E-state index in [4.69, 9.17) is 5.53 Å². The largest absolute Gasteiger partial charge is 0.361 e. The first-order valence-corrected chi connectivity index (χ1v) is 4.04. The quantitative estimate of drug-likeness (QED) is 0.186. The molecule has 0 aliphatic heterocycles. The Morgan fingerprint density at radius 3 is 2.73 bits per heavy atom. The summed E-state index contributed by atoms with van der Waals surface area (Å²) in [5, 5.41) is 10.4. The minimum absolute atomic E-state index is 0.115. The molecule has 76 valence electrons. The van der Waals surface area contributed by atoms with Crippen LogP contribution < -0.4 is 0 Å². The first-order chi connectivity index (χ1) is 7.06. The highest BCUT2D eigenvalue weighted by Crippen LogP contribution is 2.13. The second-order valence-electron chi connectivity index (χ2n) is 2.82. The molecule has 0 atom stereocenters. The summed E-state index contributed by atoms with van der Waals surface area (Å²) in [6.07, 6.45) is 0. The first-order valence-electron chi connectivity index (χ1n) is 4.04. The molecule has 0 N–H and O–H groups in total. The molecule has 1 aromatic carbocycles. The summed E-state index contributed by atoms with van der Waals surface area (Å²) in [6, 6.07) is 5.24. The number of nitro groups is 1. The molecule has 1 aromatic rings. The van der Waals surface area contributed by atoms with Crippen LogP contribution in [0.4, 0.5) is 5.69 Å². The fourth-order valence-corrected chi connectivity index (χ4v) is 1.02. The molecule has 15 heavy (non-hydrogen) atoms. The van der Waals surface area contributed by atoms with Gasteiger partial charge in [-0.15, -0.1) is 0 Å². The molecule has 6 nitrogen and oxygen atoms in total. The lowest BCUT2D eigenvalue weighted by Gasteiger charge is -1.94. The van der Waals surface area contributed by atoms with Gasteiger partial charge in [0.15, 0.2) is 0 Å². The fourth-order valence-electron chi connectivity index (χ4n) is 1.02. The van der Waals surface area contributed by atoms with E-state index in [9.17, 15) is 14.9 Å². The number of carbonyl (C=O) groups is 1. The van der Waals surface area contributed by atoms with E-state index in [0.717, 1.165) is 6.07 Å². The van der Waals surface area contributed by atoms with Crippen LogP contribution in [-0.4, -0.2) is 21.2 Å². The fraction of sp³-hybridized carbons (Fsp3) is 0.111. The Morgan fingerprint density at radius 1 is 1.53 bits per heavy atom. The van der Waals surface area contributed by atoms with Gasteiger partial charge in [0, 0.05) is 24.6 Å². The van der Waals surface area contributed by atoms with Crippen molar-refractivity contribution in [3.63, 3.8) is 0 Å². The average molecular weight is 205 g/mol. The van der Waals surface area contributed by atoms with Gasteiger partial charge in [-0.25, -0.2) is 0 Å². The van der Waals surface area contributed by atoms with Crippen molar-refractivity contribution in [2.75, 3.05) is 0 Å². The third-order valence-corrected chi connectivity index (χ3v) is 1.80. The minimum atomic E-state index is -0.595. The van der Waals surface area contributed by atoms with Gasteiger partial charge >= 0.3 is 5.71 Å². The maximum Gasteiger partial charge on any atom is 0.336 e. The van der Waals surface area contributed by atoms with Crippen LogP contribution >= 0.6 is 0 Å². The van der Waals surface area contributed by atoms with E-state index in [0.29, 0.717) is 0 Å². The van der Waals surface area contributed by atoms with Gasteiger partial charge in [-0.3, -0.25) is 14.9 Å². The number of nitrogens with zero attached hydrogens (tertiary/aromatic N) is 3. The van der Waals surface area contributed by atoms with Gasteiger partial charge in [0.2, 0.25) is 0 Å². The number of nitro benzene ring substituents is 1. The average Bonchev–Trinajstić information content (AvgIpc) is 2.27. The van der Waals surface area contributed by atoms with Crippen LogP contribution in [0, 0.1) is 10.1 Å². The molecule has 0 radical (unpaired) electrons. The highest BCUT2D eigenvalue weighted by atomic mass is 16.6. The van der Waals surface area contributed by atoms with E-state index in [1.54, 1.807) is 0 Å². The molecule has 0 spiro atoms. The van der Waals surface area contributed by atoms with Crippen LogP contribution in [0.5, 0.6) is 0 Å². The zero-order valence-corrected chi connectivity index (χ0v) is 7.88. The first kappa shape index (κ1) is 10.7. The van der Waals surface area contributed by atoms with Crippen molar-refractivity contribution < 1.29 is 14.5 Å². The molecule has 0 saturated heterocycles. The molecule has 0 unspecified atom stereocenters. The molecule has 0 saturated carbocycles. The predicted octanol–water partition coefficient (Wildman–Crippen LogP) is 1.47. The minimum Gasteiger partial charge on any atom is -0.361 e. The van der Waals surface area contributed by atoms with Crippen molar-refractivity contribution in [2.24, 2.45) is 0 Å². The highest BCUT2D eigenvalue weighted by Gasteiger charge is 2.18. The Morgan fingerprint density at radius 2 is 2.20 bits per heavy atom. The van der Waals surface area contributed by atoms with Crippen LogP contribution in [0.25, 0.3) is 5.53 Å². The van der Waals surface area contributed by atoms with Gasteiger partial charge in [-0.2, -0.15) is 4.79 Å². The number of hydrogen-bond acceptors (Lipinski definition) is 3. The summed E-state index contributed by atoms with van der Waals surface area (Å²) >= 11 is 0. The van der Waals surface area contributed by atoms with Crippen molar-refractivity contribution in [3.05, 3.63) is 45.5 Å². The molecule has 0 aliphatic rings. The van der Waals surface area contributed by atoms with Crippen molar-refractivity contribution in [1.82, 2.24) is 0 Å². The third-order valence-electron chi connectivity index (χ3n) is 1.80. The molecule has 0 aliphatic carbocycles. The lowest BCUT2D eigenvalue weighted by molar-refractivity contribution is -0.384. The van der Waals surface area contributed by atoms with Crippen molar-refractivity contribution in [2.45, 2.75) is 6.92 Å². The van der Waals surface area contributed by atoms with Crippen LogP contribution in [-0.2, 0) is 0 Å². The standard InChI is InChI=1S/C9H7N3O3/c1-6(11-10)9(13)7-3-2-4-8(5-7)12(14)15/h2-5H,1H3. The smallest absolute Gasteiger partial charge is 0.336 e. The van der Waals surface area contributed by atoms with Crippen molar-refractivity contribution >= 4 is 17.2 Å². The van der Waals surface area contributed by atoms with E-state index in [-0.39, 0.29) is 17.0 Å². The molecular weight excluding hydrogens is 198 g/mol. The van der Waals surface area contributed by atoms with E-state index in [2.05, 4.69) is 4.79 Å². The second kappa shape index (κ2) is 4.26. The molecule has 0 amide bonds. The second-order valence-corrected chi connectivity index (χ2v) is 2.82. The maximum atomic E-state index is 11.4. The predicted molar refractivity (Wildman–Crippen MR) is 51.7 cm³/mol. The summed E-state index contributed by atoms with van der Waals surface area (Å²) in [5.74, 6) is -0.541. The normalized spacial score (nSPS) is 9.13. The number of ketones is 1. The number of benzene rings is 1. The Kier molecular flexibility index (Phi) is 3.05. The number of Topliss-reactive ketones (excluding diaryl/α,β-unsaturated/α-hetero) is 1. The Labute approximate surface area is 84.9 Å². The van der Waals surface area contributed by atoms with E-state index < -0.39 is 10.7 Å². The van der Waals surface area contributed by atoms with Gasteiger partial charge in [-0.1, -0.05) is 12.1 Å². The number of rotatable bonds is 3. The highest BCUT2D eigenvalue weighted by molar-refractivity contribution is 6.43. The van der Waals surface area contributed by atoms with E-state index in [1.165, 1.54) is 25.1 Å². The monoisotopic (exact) mass is 205 g/mol. The van der Waals surface area contributed by atoms with Gasteiger partial charge in [0.05, 0.1) is 4.92 Å². The van der Waals surface area contributed by atoms with Crippen molar-refractivity contribution in [1.29, 1.82) is 0 Å². The lowest BCUT2D eigenvalue weighted by Crippen LogP contribution is -2.11. The SMILES string of the molecule is CC(=[N+]=[N-])C(=O)c1cccc([N+](=O)[O-])c1. The molecule has 0 fully saturated rings. The van der Waals surface area contributed by atoms with Crippen LogP contribution in [0.15, 0.2) is 24.3 Å². The molecular formula is C9H7N3O3. The number of carbonyl (C=O) groups excluding carboxylic acids is 1. The summed E-state index contributed by atoms with van der Waals surface area (Å²) < 4.78 is 0. The summed E-state index contributed by atoms with van der Waals surface area (Å²) in [7, 11) is 0. The van der Waals surface area contributed by atoms with Crippen molar-refractivity contribution in [3.8, 4) is 0 Å². The maximum absolute atomic E-state index is 11.4. The summed E-state index contributed by atoms with van der Waals surface area (Å²) in [5.41, 5.74) is 8.21. The Balaban J connectivity index is 3.17.